The first-order valence-electron chi connectivity index (χ1n) is 12.0. The second kappa shape index (κ2) is 14.7. The molecule has 34 heavy (non-hydrogen) atoms. The number of aliphatic hydroxyl groups excluding tert-OH is 1. The summed E-state index contributed by atoms with van der Waals surface area (Å²) >= 11 is 0. The van der Waals surface area contributed by atoms with E-state index in [1.807, 2.05) is 50.3 Å². The van der Waals surface area contributed by atoms with Gasteiger partial charge in [-0.15, -0.1) is 0 Å². The van der Waals surface area contributed by atoms with E-state index in [2.05, 4.69) is 19.9 Å². The molecule has 2 rings (SSSR count). The minimum absolute atomic E-state index is 0.151. The summed E-state index contributed by atoms with van der Waals surface area (Å²) in [5.41, 5.74) is 15.6. The van der Waals surface area contributed by atoms with Crippen LogP contribution in [0.4, 0.5) is 0 Å². The Balaban J connectivity index is 0.00000133. The van der Waals surface area contributed by atoms with Gasteiger partial charge in [-0.05, 0) is 75.6 Å². The van der Waals surface area contributed by atoms with Crippen LogP contribution < -0.4 is 16.2 Å². The molecule has 0 aromatic heterocycles. The summed E-state index contributed by atoms with van der Waals surface area (Å²) in [4.78, 5) is 13.5. The van der Waals surface area contributed by atoms with Crippen molar-refractivity contribution < 1.29 is 19.7 Å². The Labute approximate surface area is 204 Å². The minimum atomic E-state index is -0.971. The van der Waals surface area contributed by atoms with Crippen LogP contribution in [-0.2, 0) is 18.5 Å². The molecule has 0 unspecified atom stereocenters. The first-order chi connectivity index (χ1) is 16.2. The molecule has 0 saturated heterocycles. The van der Waals surface area contributed by atoms with Gasteiger partial charge in [-0.25, -0.2) is 4.79 Å². The first kappa shape index (κ1) is 29.6. The normalized spacial score (nSPS) is 11.2. The molecule has 0 fully saturated rings. The van der Waals surface area contributed by atoms with Crippen molar-refractivity contribution >= 4 is 5.97 Å². The number of aliphatic hydroxyl groups is 1. The number of hydrogen-bond acceptors (Lipinski definition) is 6. The van der Waals surface area contributed by atoms with Gasteiger partial charge in [-0.3, -0.25) is 0 Å². The third-order valence-corrected chi connectivity index (χ3v) is 5.98. The molecule has 0 aliphatic carbocycles. The number of nitrogens with zero attached hydrogens (tertiary/aromatic N) is 1. The van der Waals surface area contributed by atoms with Crippen LogP contribution in [0.1, 0.15) is 72.1 Å². The van der Waals surface area contributed by atoms with Crippen LogP contribution in [0.5, 0.6) is 5.75 Å². The van der Waals surface area contributed by atoms with Crippen LogP contribution >= 0.6 is 0 Å². The molecular weight excluding hydrogens is 430 g/mol. The summed E-state index contributed by atoms with van der Waals surface area (Å²) in [7, 11) is 6.00. The maximum atomic E-state index is 11.5. The molecular formula is C27H43N3O4. The Kier molecular flexibility index (Phi) is 12.8. The number of nitrogens with two attached hydrogens (primary N) is 2. The number of carboxylic acids is 1. The maximum Gasteiger partial charge on any atom is 0.336 e. The Morgan fingerprint density at radius 2 is 1.68 bits per heavy atom. The Hall–Kier alpha value is -2.45. The summed E-state index contributed by atoms with van der Waals surface area (Å²) in [6.07, 6.45) is 3.11. The van der Waals surface area contributed by atoms with E-state index in [4.69, 9.17) is 21.3 Å². The van der Waals surface area contributed by atoms with Crippen LogP contribution in [0.15, 0.2) is 36.4 Å². The Bertz CT molecular complexity index is 893. The quantitative estimate of drug-likeness (QED) is 0.346. The summed E-state index contributed by atoms with van der Waals surface area (Å²) in [5.74, 6) is -0.207. The van der Waals surface area contributed by atoms with Crippen molar-refractivity contribution in [3.8, 4) is 5.75 Å². The van der Waals surface area contributed by atoms with Crippen molar-refractivity contribution in [1.29, 1.82) is 0 Å². The molecule has 7 nitrogen and oxygen atoms in total. The van der Waals surface area contributed by atoms with Gasteiger partial charge in [0.1, 0.15) is 5.75 Å². The molecule has 0 atom stereocenters. The molecule has 0 saturated carbocycles. The number of carbonyl (C=O) groups is 1. The smallest absolute Gasteiger partial charge is 0.336 e. The molecule has 190 valence electrons. The predicted molar refractivity (Wildman–Crippen MR) is 138 cm³/mol. The highest BCUT2D eigenvalue weighted by molar-refractivity contribution is 5.89. The fourth-order valence-electron chi connectivity index (χ4n) is 4.22. The van der Waals surface area contributed by atoms with Gasteiger partial charge < -0.3 is 31.3 Å². The fourth-order valence-corrected chi connectivity index (χ4v) is 4.22. The monoisotopic (exact) mass is 473 g/mol. The van der Waals surface area contributed by atoms with Gasteiger partial charge in [0.05, 0.1) is 12.2 Å². The highest BCUT2D eigenvalue weighted by Gasteiger charge is 2.34. The number of carboxylic acid groups (broad SMARTS) is 1. The lowest BCUT2D eigenvalue weighted by Crippen LogP contribution is -2.29. The number of unbranched alkanes of at least 4 members (excludes halogenated alkanes) is 1. The van der Waals surface area contributed by atoms with Crippen LogP contribution in [0.3, 0.4) is 0 Å². The molecule has 0 aliphatic rings. The average Bonchev–Trinajstić information content (AvgIpc) is 2.82. The lowest BCUT2D eigenvalue weighted by molar-refractivity contribution is 0.0695. The Morgan fingerprint density at radius 3 is 2.18 bits per heavy atom. The van der Waals surface area contributed by atoms with Gasteiger partial charge in [0, 0.05) is 30.7 Å². The van der Waals surface area contributed by atoms with Crippen LogP contribution in [0.2, 0.25) is 0 Å². The lowest BCUT2D eigenvalue weighted by Gasteiger charge is -2.36. The summed E-state index contributed by atoms with van der Waals surface area (Å²) in [6.45, 7) is 5.43. The van der Waals surface area contributed by atoms with Crippen molar-refractivity contribution in [3.63, 3.8) is 0 Å². The average molecular weight is 474 g/mol. The van der Waals surface area contributed by atoms with E-state index >= 15 is 0 Å². The van der Waals surface area contributed by atoms with Gasteiger partial charge in [0.15, 0.2) is 0 Å². The SMILES string of the molecule is CCC(CC)(c1ccc(C(=O)O)c(CN)c1)c1cccc(OCCCCO)c1CN.CN(C)C. The third-order valence-electron chi connectivity index (χ3n) is 5.98. The molecule has 0 aliphatic heterocycles. The zero-order chi connectivity index (χ0) is 25.7. The lowest BCUT2D eigenvalue weighted by atomic mass is 9.68. The molecule has 0 bridgehead atoms. The van der Waals surface area contributed by atoms with Gasteiger partial charge in [-0.2, -0.15) is 0 Å². The second-order valence-corrected chi connectivity index (χ2v) is 8.78. The summed E-state index contributed by atoms with van der Waals surface area (Å²) in [6, 6.07) is 11.5. The van der Waals surface area contributed by atoms with Crippen molar-refractivity contribution in [2.75, 3.05) is 34.4 Å². The molecule has 0 amide bonds. The van der Waals surface area contributed by atoms with Crippen molar-refractivity contribution in [2.24, 2.45) is 11.5 Å². The van der Waals surface area contributed by atoms with E-state index in [1.165, 1.54) is 0 Å². The Morgan fingerprint density at radius 1 is 1.03 bits per heavy atom. The molecule has 2 aromatic carbocycles. The summed E-state index contributed by atoms with van der Waals surface area (Å²) in [5, 5.41) is 18.4. The standard InChI is InChI=1S/C24H34N2O4.C3H9N/c1-3-24(4-2,18-10-11-19(23(28)29)17(14-18)15-25)21-8-7-9-22(20(21)16-26)30-13-6-5-12-27;1-4(2)3/h7-11,14,27H,3-6,12-13,15-16,25-26H2,1-2H3,(H,28,29);1-3H3. The van der Waals surface area contributed by atoms with E-state index in [0.29, 0.717) is 25.1 Å². The van der Waals surface area contributed by atoms with Crippen molar-refractivity contribution in [1.82, 2.24) is 4.90 Å². The molecule has 0 heterocycles. The van der Waals surface area contributed by atoms with Gasteiger partial charge >= 0.3 is 5.97 Å². The molecule has 2 aromatic rings. The highest BCUT2D eigenvalue weighted by Crippen LogP contribution is 2.43. The van der Waals surface area contributed by atoms with E-state index < -0.39 is 5.97 Å². The molecule has 0 radical (unpaired) electrons. The van der Waals surface area contributed by atoms with Crippen molar-refractivity contribution in [2.45, 2.75) is 58.0 Å². The van der Waals surface area contributed by atoms with Crippen molar-refractivity contribution in [3.05, 3.63) is 64.2 Å². The zero-order valence-electron chi connectivity index (χ0n) is 21.4. The van der Waals surface area contributed by atoms with E-state index in [-0.39, 0.29) is 24.1 Å². The molecule has 7 heteroatoms. The summed E-state index contributed by atoms with van der Waals surface area (Å²) < 4.78 is 6.00. The van der Waals surface area contributed by atoms with Gasteiger partial charge in [0.2, 0.25) is 0 Å². The third kappa shape index (κ3) is 7.53. The largest absolute Gasteiger partial charge is 0.493 e. The zero-order valence-corrected chi connectivity index (χ0v) is 21.4. The number of ether oxygens (including phenoxy) is 1. The highest BCUT2D eigenvalue weighted by atomic mass is 16.5. The minimum Gasteiger partial charge on any atom is -0.493 e. The number of benzene rings is 2. The van der Waals surface area contributed by atoms with Crippen LogP contribution in [-0.4, -0.2) is 55.4 Å². The van der Waals surface area contributed by atoms with Crippen LogP contribution in [0, 0.1) is 0 Å². The topological polar surface area (TPSA) is 122 Å². The predicted octanol–water partition coefficient (Wildman–Crippen LogP) is 3.74. The first-order valence-corrected chi connectivity index (χ1v) is 12.0. The number of aromatic carboxylic acids is 1. The maximum absolute atomic E-state index is 11.5. The molecule has 0 spiro atoms. The number of hydrogen-bond donors (Lipinski definition) is 4. The van der Waals surface area contributed by atoms with E-state index in [9.17, 15) is 9.90 Å². The van der Waals surface area contributed by atoms with E-state index in [0.717, 1.165) is 41.7 Å². The fraction of sp³-hybridized carbons (Fsp3) is 0.519. The van der Waals surface area contributed by atoms with Gasteiger partial charge in [0.25, 0.3) is 0 Å². The molecule has 6 N–H and O–H groups in total. The second-order valence-electron chi connectivity index (χ2n) is 8.78. The van der Waals surface area contributed by atoms with Gasteiger partial charge in [-0.1, -0.05) is 38.1 Å². The number of rotatable bonds is 12. The van der Waals surface area contributed by atoms with E-state index in [1.54, 1.807) is 6.07 Å². The van der Waals surface area contributed by atoms with Crippen LogP contribution in [0.25, 0.3) is 0 Å².